The van der Waals surface area contributed by atoms with Gasteiger partial charge in [-0.3, -0.25) is 9.80 Å². The molecule has 1 aliphatic rings. The molecule has 0 aliphatic carbocycles. The maximum absolute atomic E-state index is 8.86. The van der Waals surface area contributed by atoms with Crippen LogP contribution >= 0.6 is 21.6 Å². The summed E-state index contributed by atoms with van der Waals surface area (Å²) in [7, 11) is 8.16. The monoisotopic (exact) mass is 279 g/mol. The molecule has 0 unspecified atom stereocenters. The van der Waals surface area contributed by atoms with Gasteiger partial charge >= 0.3 is 0 Å². The molecule has 1 saturated heterocycles. The van der Waals surface area contributed by atoms with Crippen molar-refractivity contribution in [3.63, 3.8) is 0 Å². The van der Waals surface area contributed by atoms with Crippen molar-refractivity contribution in [2.45, 2.75) is 0 Å². The highest BCUT2D eigenvalue weighted by molar-refractivity contribution is 8.76. The van der Waals surface area contributed by atoms with Crippen LogP contribution in [-0.4, -0.2) is 91.4 Å². The van der Waals surface area contributed by atoms with Crippen molar-refractivity contribution in [1.82, 2.24) is 14.7 Å². The molecule has 0 saturated carbocycles. The molecule has 4 nitrogen and oxygen atoms in total. The molecule has 1 heterocycles. The number of rotatable bonds is 8. The van der Waals surface area contributed by atoms with Crippen molar-refractivity contribution >= 4 is 21.6 Å². The molecule has 6 heteroatoms. The molecule has 0 aromatic heterocycles. The summed E-state index contributed by atoms with van der Waals surface area (Å²) >= 11 is 0. The zero-order valence-corrected chi connectivity index (χ0v) is 12.6. The molecule has 0 bridgehead atoms. The molecule has 1 rings (SSSR count). The van der Waals surface area contributed by atoms with Crippen molar-refractivity contribution < 1.29 is 5.11 Å². The van der Waals surface area contributed by atoms with Crippen molar-refractivity contribution in [3.05, 3.63) is 0 Å². The largest absolute Gasteiger partial charge is 0.395 e. The Morgan fingerprint density at radius 3 is 2.29 bits per heavy atom. The van der Waals surface area contributed by atoms with E-state index < -0.39 is 0 Å². The second-order valence-corrected chi connectivity index (χ2v) is 7.11. The highest BCUT2D eigenvalue weighted by atomic mass is 33.1. The van der Waals surface area contributed by atoms with Crippen LogP contribution < -0.4 is 0 Å². The van der Waals surface area contributed by atoms with Gasteiger partial charge in [-0.1, -0.05) is 21.6 Å². The highest BCUT2D eigenvalue weighted by Gasteiger charge is 2.15. The number of β-amino-alcohol motifs (C(OH)–C–C–N with tert-alkyl or cyclic N) is 1. The third-order valence-electron chi connectivity index (χ3n) is 2.82. The average Bonchev–Trinajstić information content (AvgIpc) is 2.31. The molecule has 0 atom stereocenters. The maximum Gasteiger partial charge on any atom is 0.0558 e. The van der Waals surface area contributed by atoms with Gasteiger partial charge in [0, 0.05) is 45.0 Å². The molecular formula is C11H25N3OS2. The summed E-state index contributed by atoms with van der Waals surface area (Å²) in [4.78, 5) is 7.06. The van der Waals surface area contributed by atoms with Crippen molar-refractivity contribution in [1.29, 1.82) is 0 Å². The standard InChI is InChI=1S/C11H25N3OS2/c1-12(2)8-10-16-17-11-14-5-3-13(4-6-14)7-9-15/h15H,3-11H2,1-2H3. The Hall–Kier alpha value is 0.540. The van der Waals surface area contributed by atoms with E-state index in [2.05, 4.69) is 28.8 Å². The fraction of sp³-hybridized carbons (Fsp3) is 1.00. The first-order valence-corrected chi connectivity index (χ1v) is 8.66. The predicted molar refractivity (Wildman–Crippen MR) is 78.6 cm³/mol. The van der Waals surface area contributed by atoms with E-state index >= 15 is 0 Å². The van der Waals surface area contributed by atoms with Gasteiger partial charge in [0.2, 0.25) is 0 Å². The van der Waals surface area contributed by atoms with Crippen LogP contribution in [0.1, 0.15) is 0 Å². The Bertz CT molecular complexity index is 188. The number of piperazine rings is 1. The first kappa shape index (κ1) is 15.6. The molecule has 17 heavy (non-hydrogen) atoms. The van der Waals surface area contributed by atoms with Gasteiger partial charge in [0.15, 0.2) is 0 Å². The first-order chi connectivity index (χ1) is 8.22. The van der Waals surface area contributed by atoms with Crippen molar-refractivity contribution in [3.8, 4) is 0 Å². The molecule has 0 spiro atoms. The number of aliphatic hydroxyl groups excluding tert-OH is 1. The molecule has 0 radical (unpaired) electrons. The average molecular weight is 279 g/mol. The quantitative estimate of drug-likeness (QED) is 0.514. The van der Waals surface area contributed by atoms with E-state index in [4.69, 9.17) is 5.11 Å². The van der Waals surface area contributed by atoms with Crippen LogP contribution in [0.5, 0.6) is 0 Å². The summed E-state index contributed by atoms with van der Waals surface area (Å²) in [6.07, 6.45) is 0. The van der Waals surface area contributed by atoms with Crippen LogP contribution in [0.3, 0.4) is 0 Å². The van der Waals surface area contributed by atoms with E-state index in [0.29, 0.717) is 0 Å². The molecule has 1 fully saturated rings. The highest BCUT2D eigenvalue weighted by Crippen LogP contribution is 2.22. The minimum atomic E-state index is 0.287. The van der Waals surface area contributed by atoms with Crippen LogP contribution in [0.4, 0.5) is 0 Å². The molecular weight excluding hydrogens is 254 g/mol. The summed E-state index contributed by atoms with van der Waals surface area (Å²) in [6.45, 7) is 6.76. The molecule has 1 N–H and O–H groups in total. The second-order valence-electron chi connectivity index (χ2n) is 4.56. The van der Waals surface area contributed by atoms with Gasteiger partial charge in [0.1, 0.15) is 0 Å². The van der Waals surface area contributed by atoms with E-state index in [1.807, 2.05) is 21.6 Å². The smallest absolute Gasteiger partial charge is 0.0558 e. The lowest BCUT2D eigenvalue weighted by atomic mass is 10.3. The molecule has 102 valence electrons. The van der Waals surface area contributed by atoms with E-state index in [1.54, 1.807) is 0 Å². The van der Waals surface area contributed by atoms with E-state index in [0.717, 1.165) is 45.1 Å². The lowest BCUT2D eigenvalue weighted by molar-refractivity contribution is 0.125. The SMILES string of the molecule is CN(C)CCSSCN1CCN(CCO)CC1. The first-order valence-electron chi connectivity index (χ1n) is 6.17. The lowest BCUT2D eigenvalue weighted by Gasteiger charge is -2.33. The van der Waals surface area contributed by atoms with Gasteiger partial charge < -0.3 is 10.0 Å². The fourth-order valence-electron chi connectivity index (χ4n) is 1.67. The third kappa shape index (κ3) is 7.54. The van der Waals surface area contributed by atoms with Gasteiger partial charge in [-0.15, -0.1) is 0 Å². The summed E-state index contributed by atoms with van der Waals surface area (Å²) in [5, 5.41) is 8.86. The Kier molecular flexibility index (Phi) is 8.69. The van der Waals surface area contributed by atoms with Gasteiger partial charge in [-0.05, 0) is 14.1 Å². The molecule has 0 aromatic rings. The predicted octanol–water partition coefficient (Wildman–Crippen LogP) is 0.497. The Morgan fingerprint density at radius 2 is 1.71 bits per heavy atom. The van der Waals surface area contributed by atoms with Gasteiger partial charge in [-0.25, -0.2) is 0 Å². The number of hydrogen-bond acceptors (Lipinski definition) is 6. The van der Waals surface area contributed by atoms with Gasteiger partial charge in [-0.2, -0.15) is 0 Å². The van der Waals surface area contributed by atoms with Crippen LogP contribution in [0.15, 0.2) is 0 Å². The molecule has 0 amide bonds. The van der Waals surface area contributed by atoms with Crippen LogP contribution in [0, 0.1) is 0 Å². The lowest BCUT2D eigenvalue weighted by Crippen LogP contribution is -2.46. The number of nitrogens with zero attached hydrogens (tertiary/aromatic N) is 3. The molecule has 1 aliphatic heterocycles. The number of hydrogen-bond donors (Lipinski definition) is 1. The zero-order chi connectivity index (χ0) is 12.5. The Morgan fingerprint density at radius 1 is 1.06 bits per heavy atom. The minimum Gasteiger partial charge on any atom is -0.395 e. The summed E-state index contributed by atoms with van der Waals surface area (Å²) < 4.78 is 0. The minimum absolute atomic E-state index is 0.287. The van der Waals surface area contributed by atoms with Crippen molar-refractivity contribution in [2.75, 3.05) is 71.6 Å². The fourth-order valence-corrected chi connectivity index (χ4v) is 3.96. The van der Waals surface area contributed by atoms with Crippen LogP contribution in [0.25, 0.3) is 0 Å². The maximum atomic E-state index is 8.86. The van der Waals surface area contributed by atoms with Crippen LogP contribution in [0.2, 0.25) is 0 Å². The third-order valence-corrected chi connectivity index (χ3v) is 5.12. The zero-order valence-electron chi connectivity index (χ0n) is 11.0. The summed E-state index contributed by atoms with van der Waals surface area (Å²) in [5.41, 5.74) is 0. The van der Waals surface area contributed by atoms with Gasteiger partial charge in [0.25, 0.3) is 0 Å². The van der Waals surface area contributed by atoms with E-state index in [1.165, 1.54) is 5.75 Å². The van der Waals surface area contributed by atoms with E-state index in [9.17, 15) is 0 Å². The Balaban J connectivity index is 1.95. The normalized spacial score (nSPS) is 19.1. The van der Waals surface area contributed by atoms with E-state index in [-0.39, 0.29) is 6.61 Å². The molecule has 0 aromatic carbocycles. The summed E-state index contributed by atoms with van der Waals surface area (Å²) in [6, 6.07) is 0. The second kappa shape index (κ2) is 9.47. The summed E-state index contributed by atoms with van der Waals surface area (Å²) in [5.74, 6) is 2.33. The number of aliphatic hydroxyl groups is 1. The van der Waals surface area contributed by atoms with Gasteiger partial charge in [0.05, 0.1) is 12.5 Å². The topological polar surface area (TPSA) is 30.0 Å². The Labute approximate surface area is 113 Å². The van der Waals surface area contributed by atoms with Crippen molar-refractivity contribution in [2.24, 2.45) is 0 Å². The van der Waals surface area contributed by atoms with Crippen LogP contribution in [-0.2, 0) is 0 Å².